The maximum Gasteiger partial charge on any atom is 0.251 e. The van der Waals surface area contributed by atoms with Gasteiger partial charge in [0.25, 0.3) is 5.91 Å². The highest BCUT2D eigenvalue weighted by molar-refractivity contribution is 7.21. The molecule has 0 fully saturated rings. The first-order valence-corrected chi connectivity index (χ1v) is 10.8. The molecule has 3 rings (SSSR count). The molecular formula is C23H29N3O2S. The number of thiazole rings is 1. The van der Waals surface area contributed by atoms with Gasteiger partial charge in [-0.1, -0.05) is 0 Å². The van der Waals surface area contributed by atoms with Gasteiger partial charge in [-0.2, -0.15) is 0 Å². The van der Waals surface area contributed by atoms with Crippen molar-refractivity contribution >= 4 is 27.5 Å². The fraction of sp³-hybridized carbons (Fsp3) is 0.391. The summed E-state index contributed by atoms with van der Waals surface area (Å²) >= 11 is 1.59. The van der Waals surface area contributed by atoms with Crippen LogP contribution in [-0.2, 0) is 0 Å². The molecule has 5 nitrogen and oxygen atoms in total. The van der Waals surface area contributed by atoms with Crippen molar-refractivity contribution in [3.05, 3.63) is 48.0 Å². The van der Waals surface area contributed by atoms with Gasteiger partial charge in [-0.15, -0.1) is 11.3 Å². The number of fused-ring (bicyclic) bond motifs is 1. The Morgan fingerprint density at radius 1 is 1.10 bits per heavy atom. The predicted octanol–water partition coefficient (Wildman–Crippen LogP) is 4.82. The second-order valence-corrected chi connectivity index (χ2v) is 8.64. The number of benzene rings is 2. The molecule has 2 aromatic carbocycles. The number of hydrogen-bond donors (Lipinski definition) is 1. The number of rotatable bonds is 8. The third-order valence-electron chi connectivity index (χ3n) is 4.97. The SMILES string of the molecule is COc1ccc(-c2nc3ccc(C(=O)NCCN(C(C)C)C(C)C)cc3s2)cc1. The lowest BCUT2D eigenvalue weighted by Gasteiger charge is -2.30. The number of nitrogens with one attached hydrogen (secondary N) is 1. The van der Waals surface area contributed by atoms with E-state index in [4.69, 9.17) is 9.72 Å². The summed E-state index contributed by atoms with van der Waals surface area (Å²) in [6.07, 6.45) is 0. The topological polar surface area (TPSA) is 54.5 Å². The van der Waals surface area contributed by atoms with E-state index in [1.165, 1.54) is 0 Å². The Hall–Kier alpha value is -2.44. The molecule has 154 valence electrons. The zero-order valence-corrected chi connectivity index (χ0v) is 18.5. The molecule has 0 saturated carbocycles. The van der Waals surface area contributed by atoms with Crippen LogP contribution in [0.3, 0.4) is 0 Å². The number of hydrogen-bond acceptors (Lipinski definition) is 5. The summed E-state index contributed by atoms with van der Waals surface area (Å²) < 4.78 is 6.22. The summed E-state index contributed by atoms with van der Waals surface area (Å²) in [5.41, 5.74) is 2.62. The van der Waals surface area contributed by atoms with E-state index >= 15 is 0 Å². The minimum absolute atomic E-state index is 0.0428. The van der Waals surface area contributed by atoms with Gasteiger partial charge in [0.1, 0.15) is 10.8 Å². The maximum atomic E-state index is 12.6. The molecule has 0 unspecified atom stereocenters. The van der Waals surface area contributed by atoms with Crippen molar-refractivity contribution in [3.8, 4) is 16.3 Å². The third-order valence-corrected chi connectivity index (χ3v) is 6.04. The highest BCUT2D eigenvalue weighted by Gasteiger charge is 2.14. The molecule has 0 aliphatic carbocycles. The molecule has 0 aliphatic rings. The Balaban J connectivity index is 1.69. The second-order valence-electron chi connectivity index (χ2n) is 7.61. The normalized spacial score (nSPS) is 11.6. The lowest BCUT2D eigenvalue weighted by Crippen LogP contribution is -2.42. The first-order chi connectivity index (χ1) is 13.9. The summed E-state index contributed by atoms with van der Waals surface area (Å²) in [7, 11) is 1.66. The van der Waals surface area contributed by atoms with Crippen molar-refractivity contribution in [2.45, 2.75) is 39.8 Å². The number of amides is 1. The smallest absolute Gasteiger partial charge is 0.251 e. The van der Waals surface area contributed by atoms with E-state index in [1.54, 1.807) is 18.4 Å². The minimum atomic E-state index is -0.0428. The molecule has 0 bridgehead atoms. The monoisotopic (exact) mass is 411 g/mol. The van der Waals surface area contributed by atoms with Gasteiger partial charge in [-0.25, -0.2) is 4.98 Å². The van der Waals surface area contributed by atoms with Gasteiger partial charge < -0.3 is 10.1 Å². The van der Waals surface area contributed by atoms with Crippen LogP contribution in [0.25, 0.3) is 20.8 Å². The molecule has 3 aromatic rings. The van der Waals surface area contributed by atoms with Gasteiger partial charge in [0.05, 0.1) is 17.3 Å². The zero-order valence-electron chi connectivity index (χ0n) is 17.7. The maximum absolute atomic E-state index is 12.6. The summed E-state index contributed by atoms with van der Waals surface area (Å²) in [6.45, 7) is 10.2. The molecule has 1 aromatic heterocycles. The van der Waals surface area contributed by atoms with Crippen LogP contribution < -0.4 is 10.1 Å². The quantitative estimate of drug-likeness (QED) is 0.577. The van der Waals surface area contributed by atoms with Gasteiger partial charge in [0.15, 0.2) is 0 Å². The van der Waals surface area contributed by atoms with Crippen LogP contribution in [0.5, 0.6) is 5.75 Å². The van der Waals surface area contributed by atoms with E-state index in [2.05, 4.69) is 37.9 Å². The first kappa shape index (κ1) is 21.3. The van der Waals surface area contributed by atoms with E-state index in [1.807, 2.05) is 42.5 Å². The van der Waals surface area contributed by atoms with E-state index in [0.29, 0.717) is 24.2 Å². The van der Waals surface area contributed by atoms with Crippen LogP contribution in [0.1, 0.15) is 38.1 Å². The Morgan fingerprint density at radius 2 is 1.79 bits per heavy atom. The molecule has 0 spiro atoms. The lowest BCUT2D eigenvalue weighted by molar-refractivity contribution is 0.0939. The fourth-order valence-corrected chi connectivity index (χ4v) is 4.45. The fourth-order valence-electron chi connectivity index (χ4n) is 3.44. The van der Waals surface area contributed by atoms with Gasteiger partial charge in [0, 0.05) is 36.3 Å². The van der Waals surface area contributed by atoms with E-state index in [0.717, 1.165) is 33.1 Å². The van der Waals surface area contributed by atoms with Gasteiger partial charge >= 0.3 is 0 Å². The molecule has 1 amide bonds. The van der Waals surface area contributed by atoms with Crippen molar-refractivity contribution in [3.63, 3.8) is 0 Å². The summed E-state index contributed by atoms with van der Waals surface area (Å²) in [6, 6.07) is 14.5. The molecule has 0 radical (unpaired) electrons. The second kappa shape index (κ2) is 9.37. The number of ether oxygens (including phenoxy) is 1. The zero-order chi connectivity index (χ0) is 21.0. The lowest BCUT2D eigenvalue weighted by atomic mass is 10.2. The van der Waals surface area contributed by atoms with Crippen molar-refractivity contribution in [1.82, 2.24) is 15.2 Å². The molecule has 1 N–H and O–H groups in total. The van der Waals surface area contributed by atoms with E-state index < -0.39 is 0 Å². The van der Waals surface area contributed by atoms with Crippen LogP contribution in [-0.4, -0.2) is 48.1 Å². The van der Waals surface area contributed by atoms with Crippen molar-refractivity contribution < 1.29 is 9.53 Å². The van der Waals surface area contributed by atoms with Crippen LogP contribution in [0, 0.1) is 0 Å². The Labute approximate surface area is 176 Å². The van der Waals surface area contributed by atoms with Crippen molar-refractivity contribution in [2.75, 3.05) is 20.2 Å². The standard InChI is InChI=1S/C23H29N3O2S/c1-15(2)26(16(3)4)13-12-24-22(27)18-8-11-20-21(14-18)29-23(25-20)17-6-9-19(28-5)10-7-17/h6-11,14-16H,12-13H2,1-5H3,(H,24,27). The number of aromatic nitrogens is 1. The Bertz CT molecular complexity index is 956. The van der Waals surface area contributed by atoms with Gasteiger partial charge in [-0.3, -0.25) is 9.69 Å². The summed E-state index contributed by atoms with van der Waals surface area (Å²) in [5, 5.41) is 3.98. The predicted molar refractivity (Wildman–Crippen MR) is 121 cm³/mol. The van der Waals surface area contributed by atoms with Gasteiger partial charge in [-0.05, 0) is 70.2 Å². The van der Waals surface area contributed by atoms with Crippen molar-refractivity contribution in [1.29, 1.82) is 0 Å². The van der Waals surface area contributed by atoms with Gasteiger partial charge in [0.2, 0.25) is 0 Å². The van der Waals surface area contributed by atoms with E-state index in [9.17, 15) is 4.79 Å². The number of carbonyl (C=O) groups is 1. The summed E-state index contributed by atoms with van der Waals surface area (Å²) in [4.78, 5) is 19.7. The molecular weight excluding hydrogens is 382 g/mol. The molecule has 0 aliphatic heterocycles. The number of methoxy groups -OCH3 is 1. The van der Waals surface area contributed by atoms with Crippen molar-refractivity contribution in [2.24, 2.45) is 0 Å². The molecule has 1 heterocycles. The first-order valence-electron chi connectivity index (χ1n) is 9.98. The van der Waals surface area contributed by atoms with Crippen LogP contribution >= 0.6 is 11.3 Å². The molecule has 0 saturated heterocycles. The average molecular weight is 412 g/mol. The average Bonchev–Trinajstić information content (AvgIpc) is 3.13. The summed E-state index contributed by atoms with van der Waals surface area (Å²) in [5.74, 6) is 0.779. The number of nitrogens with zero attached hydrogens (tertiary/aromatic N) is 2. The highest BCUT2D eigenvalue weighted by atomic mass is 32.1. The van der Waals surface area contributed by atoms with Crippen LogP contribution in [0.2, 0.25) is 0 Å². The largest absolute Gasteiger partial charge is 0.497 e. The molecule has 0 atom stereocenters. The van der Waals surface area contributed by atoms with Crippen LogP contribution in [0.4, 0.5) is 0 Å². The van der Waals surface area contributed by atoms with E-state index in [-0.39, 0.29) is 5.91 Å². The Kier molecular flexibility index (Phi) is 6.87. The third kappa shape index (κ3) is 5.14. The molecule has 29 heavy (non-hydrogen) atoms. The highest BCUT2D eigenvalue weighted by Crippen LogP contribution is 2.31. The molecule has 6 heteroatoms. The number of carbonyl (C=O) groups excluding carboxylic acids is 1. The minimum Gasteiger partial charge on any atom is -0.497 e. The van der Waals surface area contributed by atoms with Crippen LogP contribution in [0.15, 0.2) is 42.5 Å². The Morgan fingerprint density at radius 3 is 2.41 bits per heavy atom.